The van der Waals surface area contributed by atoms with E-state index in [1.165, 1.54) is 22.3 Å². The van der Waals surface area contributed by atoms with Gasteiger partial charge >= 0.3 is 12.1 Å². The number of ketones is 1. The van der Waals surface area contributed by atoms with Crippen molar-refractivity contribution in [3.63, 3.8) is 0 Å². The molecule has 2 aliphatic heterocycles. The number of amides is 1. The molecule has 6 rings (SSSR count). The molecular formula is C30H31N3O4. The van der Waals surface area contributed by atoms with Gasteiger partial charge in [0.2, 0.25) is 0 Å². The van der Waals surface area contributed by atoms with Crippen LogP contribution in [0, 0.1) is 5.92 Å². The Morgan fingerprint density at radius 2 is 1.51 bits per heavy atom. The van der Waals surface area contributed by atoms with Gasteiger partial charge in [-0.05, 0) is 61.3 Å². The molecule has 37 heavy (non-hydrogen) atoms. The SMILES string of the molecule is CCOc1ncc(C(=O)C2CC3CCCC(C2)N3C(=O)OCC2c3ccccc3-c3ccccc32)cn1. The van der Waals surface area contributed by atoms with Crippen LogP contribution in [0.4, 0.5) is 4.79 Å². The third-order valence-electron chi connectivity index (χ3n) is 8.08. The second-order valence-electron chi connectivity index (χ2n) is 10.2. The van der Waals surface area contributed by atoms with Crippen LogP contribution in [0.25, 0.3) is 11.1 Å². The fraction of sp³-hybridized carbons (Fsp3) is 0.400. The third kappa shape index (κ3) is 4.37. The van der Waals surface area contributed by atoms with Crippen LogP contribution in [0.5, 0.6) is 6.01 Å². The van der Waals surface area contributed by atoms with Crippen molar-refractivity contribution in [1.29, 1.82) is 0 Å². The number of rotatable bonds is 6. The number of carbonyl (C=O) groups is 2. The minimum atomic E-state index is -0.258. The van der Waals surface area contributed by atoms with E-state index in [1.807, 2.05) is 24.0 Å². The lowest BCUT2D eigenvalue weighted by molar-refractivity contribution is 0.00648. The van der Waals surface area contributed by atoms with E-state index >= 15 is 0 Å². The van der Waals surface area contributed by atoms with Crippen molar-refractivity contribution < 1.29 is 19.1 Å². The topological polar surface area (TPSA) is 81.6 Å². The Bertz CT molecular complexity index is 1250. The minimum absolute atomic E-state index is 0.0146. The quantitative estimate of drug-likeness (QED) is 0.410. The summed E-state index contributed by atoms with van der Waals surface area (Å²) in [6.45, 7) is 2.66. The molecule has 2 bridgehead atoms. The maximum atomic E-state index is 13.4. The summed E-state index contributed by atoms with van der Waals surface area (Å²) in [4.78, 5) is 36.9. The van der Waals surface area contributed by atoms with E-state index in [2.05, 4.69) is 46.4 Å². The van der Waals surface area contributed by atoms with E-state index in [1.54, 1.807) is 12.4 Å². The van der Waals surface area contributed by atoms with Gasteiger partial charge in [0.25, 0.3) is 0 Å². The van der Waals surface area contributed by atoms with E-state index in [9.17, 15) is 9.59 Å². The zero-order valence-corrected chi connectivity index (χ0v) is 21.0. The molecule has 2 aromatic carbocycles. The van der Waals surface area contributed by atoms with Crippen LogP contribution in [0.3, 0.4) is 0 Å². The van der Waals surface area contributed by atoms with Gasteiger partial charge in [-0.2, -0.15) is 0 Å². The summed E-state index contributed by atoms with van der Waals surface area (Å²) in [6.07, 6.45) is 6.98. The van der Waals surface area contributed by atoms with E-state index < -0.39 is 0 Å². The van der Waals surface area contributed by atoms with E-state index in [0.29, 0.717) is 31.6 Å². The van der Waals surface area contributed by atoms with Gasteiger partial charge in [0.15, 0.2) is 5.78 Å². The monoisotopic (exact) mass is 497 g/mol. The van der Waals surface area contributed by atoms with Gasteiger partial charge in [-0.25, -0.2) is 14.8 Å². The lowest BCUT2D eigenvalue weighted by Gasteiger charge is -2.47. The maximum absolute atomic E-state index is 13.4. The second-order valence-corrected chi connectivity index (χ2v) is 10.2. The molecular weight excluding hydrogens is 466 g/mol. The Labute approximate surface area is 216 Å². The van der Waals surface area contributed by atoms with Crippen molar-refractivity contribution in [2.45, 2.75) is 57.0 Å². The summed E-state index contributed by atoms with van der Waals surface area (Å²) in [5, 5.41) is 0. The van der Waals surface area contributed by atoms with Gasteiger partial charge in [-0.1, -0.05) is 48.5 Å². The third-order valence-corrected chi connectivity index (χ3v) is 8.08. The summed E-state index contributed by atoms with van der Waals surface area (Å²) in [5.41, 5.74) is 5.35. The normalized spacial score (nSPS) is 22.2. The lowest BCUT2D eigenvalue weighted by atomic mass is 9.76. The number of Topliss-reactive ketones (excluding diaryl/α,β-unsaturated/α-hetero) is 1. The van der Waals surface area contributed by atoms with E-state index in [0.717, 1.165) is 19.3 Å². The van der Waals surface area contributed by atoms with Crippen LogP contribution in [-0.2, 0) is 4.74 Å². The van der Waals surface area contributed by atoms with Crippen LogP contribution in [0.1, 0.15) is 66.4 Å². The summed E-state index contributed by atoms with van der Waals surface area (Å²) in [7, 11) is 0. The first kappa shape index (κ1) is 23.6. The van der Waals surface area contributed by atoms with E-state index in [4.69, 9.17) is 9.47 Å². The number of aromatic nitrogens is 2. The van der Waals surface area contributed by atoms with Crippen LogP contribution >= 0.6 is 0 Å². The molecule has 1 aromatic heterocycles. The number of ether oxygens (including phenoxy) is 2. The van der Waals surface area contributed by atoms with Gasteiger partial charge in [0.05, 0.1) is 12.2 Å². The Hall–Kier alpha value is -3.74. The van der Waals surface area contributed by atoms with Crippen LogP contribution in [0.15, 0.2) is 60.9 Å². The van der Waals surface area contributed by atoms with Crippen LogP contribution < -0.4 is 4.74 Å². The Morgan fingerprint density at radius 1 is 0.919 bits per heavy atom. The van der Waals surface area contributed by atoms with Gasteiger partial charge in [0.1, 0.15) is 6.61 Å². The molecule has 7 heteroatoms. The summed E-state index contributed by atoms with van der Waals surface area (Å²) < 4.78 is 11.3. The molecule has 1 amide bonds. The number of hydrogen-bond acceptors (Lipinski definition) is 6. The Morgan fingerprint density at radius 3 is 2.11 bits per heavy atom. The average Bonchev–Trinajstić information content (AvgIpc) is 3.25. The summed E-state index contributed by atoms with van der Waals surface area (Å²) in [6, 6.07) is 17.0. The van der Waals surface area contributed by atoms with Gasteiger partial charge in [-0.3, -0.25) is 4.79 Å². The number of nitrogens with zero attached hydrogens (tertiary/aromatic N) is 3. The van der Waals surface area contributed by atoms with Crippen LogP contribution in [-0.4, -0.2) is 52.0 Å². The number of piperidine rings is 2. The first-order valence-corrected chi connectivity index (χ1v) is 13.3. The van der Waals surface area contributed by atoms with Crippen molar-refractivity contribution in [3.05, 3.63) is 77.6 Å². The van der Waals surface area contributed by atoms with Crippen molar-refractivity contribution in [1.82, 2.24) is 14.9 Å². The van der Waals surface area contributed by atoms with Crippen molar-refractivity contribution in [2.75, 3.05) is 13.2 Å². The van der Waals surface area contributed by atoms with Crippen molar-refractivity contribution in [3.8, 4) is 17.1 Å². The molecule has 3 aromatic rings. The van der Waals surface area contributed by atoms with Gasteiger partial charge < -0.3 is 14.4 Å². The maximum Gasteiger partial charge on any atom is 0.410 e. The zero-order chi connectivity index (χ0) is 25.4. The minimum Gasteiger partial charge on any atom is -0.464 e. The molecule has 1 aliphatic carbocycles. The highest BCUT2D eigenvalue weighted by Gasteiger charge is 2.44. The number of hydrogen-bond donors (Lipinski definition) is 0. The number of benzene rings is 2. The first-order chi connectivity index (χ1) is 18.1. The highest BCUT2D eigenvalue weighted by molar-refractivity contribution is 5.97. The van der Waals surface area contributed by atoms with E-state index in [-0.39, 0.29) is 41.8 Å². The predicted octanol–water partition coefficient (Wildman–Crippen LogP) is 5.64. The summed E-state index contributed by atoms with van der Waals surface area (Å²) >= 11 is 0. The molecule has 3 aliphatic rings. The number of fused-ring (bicyclic) bond motifs is 5. The molecule has 7 nitrogen and oxygen atoms in total. The molecule has 0 N–H and O–H groups in total. The smallest absolute Gasteiger partial charge is 0.410 e. The molecule has 2 saturated heterocycles. The second kappa shape index (κ2) is 9.96. The van der Waals surface area contributed by atoms with Gasteiger partial charge in [0, 0.05) is 36.3 Å². The molecule has 0 spiro atoms. The Balaban J connectivity index is 1.14. The van der Waals surface area contributed by atoms with Gasteiger partial charge in [-0.15, -0.1) is 0 Å². The first-order valence-electron chi connectivity index (χ1n) is 13.3. The predicted molar refractivity (Wildman–Crippen MR) is 139 cm³/mol. The zero-order valence-electron chi connectivity index (χ0n) is 21.0. The standard InChI is InChI=1S/C30H31N3O4/c1-2-36-29-31-16-20(17-32-29)28(34)19-14-21-8-7-9-22(15-19)33(21)30(35)37-18-27-25-12-5-3-10-23(25)24-11-4-6-13-26(24)27/h3-6,10-13,16-17,19,21-22,27H,2,7-9,14-15,18H2,1H3. The molecule has 0 saturated carbocycles. The molecule has 0 radical (unpaired) electrons. The highest BCUT2D eigenvalue weighted by atomic mass is 16.6. The fourth-order valence-corrected chi connectivity index (χ4v) is 6.44. The lowest BCUT2D eigenvalue weighted by Crippen LogP contribution is -2.55. The Kier molecular flexibility index (Phi) is 6.37. The molecule has 2 fully saturated rings. The van der Waals surface area contributed by atoms with Crippen molar-refractivity contribution >= 4 is 11.9 Å². The largest absolute Gasteiger partial charge is 0.464 e. The molecule has 2 atom stereocenters. The van der Waals surface area contributed by atoms with Crippen molar-refractivity contribution in [2.24, 2.45) is 5.92 Å². The number of carbonyl (C=O) groups excluding carboxylic acids is 2. The average molecular weight is 498 g/mol. The van der Waals surface area contributed by atoms with Crippen LogP contribution in [0.2, 0.25) is 0 Å². The summed E-state index contributed by atoms with van der Waals surface area (Å²) in [5.74, 6) is -0.0587. The molecule has 3 heterocycles. The highest BCUT2D eigenvalue weighted by Crippen LogP contribution is 2.45. The molecule has 190 valence electrons. The fourth-order valence-electron chi connectivity index (χ4n) is 6.44. The molecule has 2 unspecified atom stereocenters.